The van der Waals surface area contributed by atoms with Crippen molar-refractivity contribution in [1.29, 1.82) is 0 Å². The van der Waals surface area contributed by atoms with Crippen LogP contribution in [-0.4, -0.2) is 34.7 Å². The minimum Gasteiger partial charge on any atom is -0.347 e. The Morgan fingerprint density at radius 3 is 2.59 bits per heavy atom. The lowest BCUT2D eigenvalue weighted by Crippen LogP contribution is -2.31. The topological polar surface area (TPSA) is 38.1 Å². The highest BCUT2D eigenvalue weighted by Gasteiger charge is 2.23. The Labute approximate surface area is 136 Å². The Kier molecular flexibility index (Phi) is 4.91. The third kappa shape index (κ3) is 3.17. The Morgan fingerprint density at radius 1 is 1.36 bits per heavy atom. The molecule has 0 aliphatic heterocycles. The first-order chi connectivity index (χ1) is 10.3. The van der Waals surface area contributed by atoms with Gasteiger partial charge in [-0.3, -0.25) is 9.48 Å². The van der Waals surface area contributed by atoms with Crippen molar-refractivity contribution in [2.45, 2.75) is 33.2 Å². The third-order valence-electron chi connectivity index (χ3n) is 3.73. The number of hydrogen-bond acceptors (Lipinski definition) is 2. The minimum absolute atomic E-state index is 0.0477. The highest BCUT2D eigenvalue weighted by Crippen LogP contribution is 2.30. The molecule has 1 unspecified atom stereocenters. The number of carbonyl (C=O) groups is 1. The van der Waals surface area contributed by atoms with E-state index >= 15 is 0 Å². The van der Waals surface area contributed by atoms with Gasteiger partial charge < -0.3 is 4.90 Å². The quantitative estimate of drug-likeness (QED) is 0.858. The maximum Gasteiger partial charge on any atom is 0.246 e. The second kappa shape index (κ2) is 6.53. The average molecular weight is 320 g/mol. The number of likely N-dealkylation sites (N-methyl/N-ethyl adjacent to an activating group) is 1. The van der Waals surface area contributed by atoms with Crippen molar-refractivity contribution in [2.24, 2.45) is 0 Å². The van der Waals surface area contributed by atoms with E-state index in [9.17, 15) is 4.79 Å². The zero-order chi connectivity index (χ0) is 16.4. The molecule has 2 rings (SSSR count). The Hall–Kier alpha value is -1.81. The van der Waals surface area contributed by atoms with E-state index in [1.54, 1.807) is 23.7 Å². The van der Waals surface area contributed by atoms with Gasteiger partial charge in [0, 0.05) is 25.9 Å². The lowest BCUT2D eigenvalue weighted by atomic mass is 10.1. The molecule has 0 bridgehead atoms. The van der Waals surface area contributed by atoms with Gasteiger partial charge in [0.2, 0.25) is 5.91 Å². The average Bonchev–Trinajstić information content (AvgIpc) is 2.81. The van der Waals surface area contributed by atoms with E-state index in [0.29, 0.717) is 11.4 Å². The van der Waals surface area contributed by atoms with Crippen LogP contribution < -0.4 is 0 Å². The molecule has 2 aromatic rings. The molecule has 0 radical (unpaired) electrons. The van der Waals surface area contributed by atoms with E-state index < -0.39 is 0 Å². The normalized spacial score (nSPS) is 12.3. The largest absolute Gasteiger partial charge is 0.347 e. The molecule has 4 nitrogen and oxygen atoms in total. The summed E-state index contributed by atoms with van der Waals surface area (Å²) in [7, 11) is 3.53. The zero-order valence-corrected chi connectivity index (χ0v) is 14.5. The van der Waals surface area contributed by atoms with Crippen LogP contribution in [0, 0.1) is 13.8 Å². The fourth-order valence-electron chi connectivity index (χ4n) is 2.49. The molecule has 0 spiro atoms. The van der Waals surface area contributed by atoms with E-state index in [2.05, 4.69) is 5.10 Å². The van der Waals surface area contributed by atoms with Crippen molar-refractivity contribution in [2.75, 3.05) is 14.1 Å². The van der Waals surface area contributed by atoms with Crippen LogP contribution in [0.3, 0.4) is 0 Å². The molecule has 1 heterocycles. The van der Waals surface area contributed by atoms with Crippen LogP contribution in [0.1, 0.15) is 30.5 Å². The van der Waals surface area contributed by atoms with E-state index in [0.717, 1.165) is 22.4 Å². The van der Waals surface area contributed by atoms with Crippen LogP contribution in [0.4, 0.5) is 0 Å². The maximum absolute atomic E-state index is 12.3. The highest BCUT2D eigenvalue weighted by atomic mass is 35.5. The second-order valence-corrected chi connectivity index (χ2v) is 6.19. The molecule has 0 aliphatic rings. The summed E-state index contributed by atoms with van der Waals surface area (Å²) in [5.74, 6) is 0.0477. The summed E-state index contributed by atoms with van der Waals surface area (Å²) in [5, 5.41) is 5.31. The zero-order valence-electron chi connectivity index (χ0n) is 13.7. The van der Waals surface area contributed by atoms with Gasteiger partial charge in [-0.2, -0.15) is 5.10 Å². The predicted molar refractivity (Wildman–Crippen MR) is 90.2 cm³/mol. The van der Waals surface area contributed by atoms with Crippen LogP contribution in [0.25, 0.3) is 11.3 Å². The van der Waals surface area contributed by atoms with Gasteiger partial charge in [-0.25, -0.2) is 0 Å². The van der Waals surface area contributed by atoms with Crippen molar-refractivity contribution < 1.29 is 4.79 Å². The lowest BCUT2D eigenvalue weighted by molar-refractivity contribution is -0.132. The minimum atomic E-state index is -0.285. The van der Waals surface area contributed by atoms with Crippen LogP contribution in [-0.2, 0) is 4.79 Å². The molecule has 0 N–H and O–H groups in total. The summed E-state index contributed by atoms with van der Waals surface area (Å²) in [6.45, 7) is 5.98. The first kappa shape index (κ1) is 16.6. The number of hydrogen-bond donors (Lipinski definition) is 0. The second-order valence-electron chi connectivity index (χ2n) is 5.78. The first-order valence-corrected chi connectivity index (χ1v) is 7.76. The molecule has 1 aromatic carbocycles. The molecule has 0 aliphatic carbocycles. The summed E-state index contributed by atoms with van der Waals surface area (Å²) in [6, 6.07) is 5.64. The van der Waals surface area contributed by atoms with Crippen LogP contribution in [0.15, 0.2) is 24.4 Å². The van der Waals surface area contributed by atoms with Gasteiger partial charge >= 0.3 is 0 Å². The molecular weight excluding hydrogens is 298 g/mol. The SMILES string of the molecule is CCC(C(=O)N(C)C)n1cc(C)c(-c2ccc(C)cc2Cl)n1. The molecule has 118 valence electrons. The number of halogens is 1. The van der Waals surface area contributed by atoms with Gasteiger partial charge in [-0.1, -0.05) is 30.7 Å². The molecule has 0 saturated heterocycles. The van der Waals surface area contributed by atoms with Crippen molar-refractivity contribution in [1.82, 2.24) is 14.7 Å². The van der Waals surface area contributed by atoms with Crippen LogP contribution in [0.2, 0.25) is 5.02 Å². The van der Waals surface area contributed by atoms with E-state index in [-0.39, 0.29) is 11.9 Å². The number of rotatable bonds is 4. The van der Waals surface area contributed by atoms with Crippen LogP contribution >= 0.6 is 11.6 Å². The van der Waals surface area contributed by atoms with Crippen molar-refractivity contribution >= 4 is 17.5 Å². The summed E-state index contributed by atoms with van der Waals surface area (Å²) in [5.41, 5.74) is 3.85. The summed E-state index contributed by atoms with van der Waals surface area (Å²) < 4.78 is 1.75. The van der Waals surface area contributed by atoms with Gasteiger partial charge in [0.25, 0.3) is 0 Å². The smallest absolute Gasteiger partial charge is 0.246 e. The van der Waals surface area contributed by atoms with Gasteiger partial charge in [-0.05, 0) is 37.5 Å². The number of aryl methyl sites for hydroxylation is 2. The van der Waals surface area contributed by atoms with Gasteiger partial charge in [0.1, 0.15) is 6.04 Å². The molecule has 1 aromatic heterocycles. The van der Waals surface area contributed by atoms with Crippen LogP contribution in [0.5, 0.6) is 0 Å². The first-order valence-electron chi connectivity index (χ1n) is 7.38. The number of amides is 1. The summed E-state index contributed by atoms with van der Waals surface area (Å²) in [4.78, 5) is 13.9. The predicted octanol–water partition coefficient (Wildman–Crippen LogP) is 3.86. The van der Waals surface area contributed by atoms with Gasteiger partial charge in [-0.15, -0.1) is 0 Å². The molecular formula is C17H22ClN3O. The molecule has 22 heavy (non-hydrogen) atoms. The van der Waals surface area contributed by atoms with E-state index in [4.69, 9.17) is 11.6 Å². The Morgan fingerprint density at radius 2 is 2.05 bits per heavy atom. The summed E-state index contributed by atoms with van der Waals surface area (Å²) in [6.07, 6.45) is 2.61. The number of nitrogens with zero attached hydrogens (tertiary/aromatic N) is 3. The standard InChI is InChI=1S/C17H22ClN3O/c1-6-15(17(22)20(4)5)21-10-12(3)16(19-21)13-8-7-11(2)9-14(13)18/h7-10,15H,6H2,1-5H3. The monoisotopic (exact) mass is 319 g/mol. The molecule has 1 atom stereocenters. The lowest BCUT2D eigenvalue weighted by Gasteiger charge is -2.19. The molecule has 5 heteroatoms. The fraction of sp³-hybridized carbons (Fsp3) is 0.412. The van der Waals surface area contributed by atoms with Crippen molar-refractivity contribution in [3.63, 3.8) is 0 Å². The molecule has 0 fully saturated rings. The van der Waals surface area contributed by atoms with Gasteiger partial charge in [0.05, 0.1) is 10.7 Å². The number of carbonyl (C=O) groups excluding carboxylic acids is 1. The Bertz CT molecular complexity index is 691. The van der Waals surface area contributed by atoms with Crippen molar-refractivity contribution in [3.05, 3.63) is 40.5 Å². The number of aromatic nitrogens is 2. The van der Waals surface area contributed by atoms with Crippen molar-refractivity contribution in [3.8, 4) is 11.3 Å². The molecule has 1 amide bonds. The van der Waals surface area contributed by atoms with E-state index in [1.807, 2.05) is 45.2 Å². The highest BCUT2D eigenvalue weighted by molar-refractivity contribution is 6.33. The maximum atomic E-state index is 12.3. The summed E-state index contributed by atoms with van der Waals surface area (Å²) >= 11 is 6.35. The van der Waals surface area contributed by atoms with Gasteiger partial charge in [0.15, 0.2) is 0 Å². The number of benzene rings is 1. The Balaban J connectivity index is 2.45. The fourth-order valence-corrected chi connectivity index (χ4v) is 2.82. The van der Waals surface area contributed by atoms with E-state index in [1.165, 1.54) is 0 Å². The molecule has 0 saturated carbocycles. The third-order valence-corrected chi connectivity index (χ3v) is 4.04.